The summed E-state index contributed by atoms with van der Waals surface area (Å²) >= 11 is 0.524. The second-order valence-electron chi connectivity index (χ2n) is 21.6. The maximum atomic E-state index is 14.7. The van der Waals surface area contributed by atoms with E-state index in [4.69, 9.17) is 28.8 Å². The molecule has 0 saturated carbocycles. The van der Waals surface area contributed by atoms with Crippen molar-refractivity contribution < 1.29 is 73.5 Å². The zero-order valence-corrected chi connectivity index (χ0v) is 53.7. The van der Waals surface area contributed by atoms with Gasteiger partial charge in [0.25, 0.3) is 11.1 Å². The summed E-state index contributed by atoms with van der Waals surface area (Å²) in [4.78, 5) is 70.1. The highest BCUT2D eigenvalue weighted by Gasteiger charge is 2.33. The van der Waals surface area contributed by atoms with Gasteiger partial charge in [0, 0.05) is 86.9 Å². The van der Waals surface area contributed by atoms with Gasteiger partial charge < -0.3 is 28.7 Å². The highest BCUT2D eigenvalue weighted by molar-refractivity contribution is 7.98. The van der Waals surface area contributed by atoms with Gasteiger partial charge in [-0.2, -0.15) is 36.3 Å². The lowest BCUT2D eigenvalue weighted by atomic mass is 9.98. The first-order chi connectivity index (χ1) is 53.9. The number of rotatable bonds is 26. The number of benzene rings is 6. The Morgan fingerprint density at radius 2 is 1.04 bits per heavy atom. The number of thioether (sulfide) groups is 2. The highest BCUT2D eigenvalue weighted by atomic mass is 32.2. The van der Waals surface area contributed by atoms with Gasteiger partial charge in [-0.3, -0.25) is 19.2 Å². The van der Waals surface area contributed by atoms with Crippen molar-refractivity contribution in [1.29, 1.82) is 0 Å². The molecule has 0 unspecified atom stereocenters. The molecule has 2 aliphatic rings. The monoisotopic (exact) mass is 1370 g/mol. The largest absolute Gasteiger partial charge is 0.416 e. The molecule has 6 aromatic carbocycles. The van der Waals surface area contributed by atoms with E-state index in [1.54, 1.807) is 28.2 Å². The van der Waals surface area contributed by atoms with Crippen LogP contribution in [0.3, 0.4) is 0 Å². The molecule has 502 valence electrons. The number of hydrogen-bond donors (Lipinski definition) is 0. The van der Waals surface area contributed by atoms with Gasteiger partial charge in [0.2, 0.25) is 11.8 Å². The molecule has 0 fully saturated rings. The number of alkyl halides is 6. The van der Waals surface area contributed by atoms with Crippen LogP contribution >= 0.6 is 23.5 Å². The van der Waals surface area contributed by atoms with Crippen LogP contribution in [-0.4, -0.2) is 103 Å². The normalized spacial score (nSPS) is 17.9. The van der Waals surface area contributed by atoms with E-state index >= 15 is 0 Å². The number of likely N-dealkylation sites (N-methyl/N-ethyl adjacent to an activating group) is 2. The average molecular weight is 1370 g/mol. The summed E-state index contributed by atoms with van der Waals surface area (Å²) in [6.07, 6.45) is -18.3. The van der Waals surface area contributed by atoms with Crippen LogP contribution in [-0.2, 0) is 85.1 Å². The molecule has 0 bridgehead atoms. The van der Waals surface area contributed by atoms with Crippen LogP contribution in [0.4, 0.5) is 35.1 Å². The minimum absolute atomic E-state index is 0.0328. The molecule has 2 amide bonds. The second-order valence-corrected chi connectivity index (χ2v) is 23.2. The molecular formula is C73H78F8N8O4S2. The Hall–Kier alpha value is -7.92. The van der Waals surface area contributed by atoms with Gasteiger partial charge in [0.05, 0.1) is 26.2 Å². The highest BCUT2D eigenvalue weighted by Crippen LogP contribution is 2.36. The first kappa shape index (κ1) is 47.9. The number of hydrogen-bond acceptors (Lipinski definition) is 10. The molecule has 22 heteroatoms. The lowest BCUT2D eigenvalue weighted by molar-refractivity contribution is -0.138. The van der Waals surface area contributed by atoms with Gasteiger partial charge in [-0.25, -0.2) is 8.78 Å². The fourth-order valence-electron chi connectivity index (χ4n) is 10.2. The van der Waals surface area contributed by atoms with E-state index < -0.39 is 206 Å². The summed E-state index contributed by atoms with van der Waals surface area (Å²) in [6, 6.07) is 5.05. The zero-order valence-electron chi connectivity index (χ0n) is 73.1. The fourth-order valence-corrected chi connectivity index (χ4v) is 11.7. The summed E-state index contributed by atoms with van der Waals surface area (Å²) in [6.45, 7) is 9.64. The molecule has 8 aromatic rings. The first-order valence-electron chi connectivity index (χ1n) is 40.6. The van der Waals surface area contributed by atoms with Crippen LogP contribution in [0.1, 0.15) is 131 Å². The molecule has 2 heterocycles. The summed E-state index contributed by atoms with van der Waals surface area (Å²) in [5, 5.41) is -0.895. The van der Waals surface area contributed by atoms with Crippen molar-refractivity contribution in [2.45, 2.75) is 133 Å². The van der Waals surface area contributed by atoms with Gasteiger partial charge in [-0.1, -0.05) is 148 Å². The van der Waals surface area contributed by atoms with Crippen molar-refractivity contribution >= 4 is 35.3 Å². The van der Waals surface area contributed by atoms with Gasteiger partial charge in [-0.15, -0.1) is 0 Å². The number of carbonyl (C=O) groups is 2. The maximum Gasteiger partial charge on any atom is 0.416 e. The summed E-state index contributed by atoms with van der Waals surface area (Å²) < 4.78 is 290. The van der Waals surface area contributed by atoms with Crippen molar-refractivity contribution in [3.05, 3.63) is 233 Å². The van der Waals surface area contributed by atoms with Crippen LogP contribution in [0.5, 0.6) is 0 Å². The van der Waals surface area contributed by atoms with Gasteiger partial charge in [-0.05, 0) is 164 Å². The van der Waals surface area contributed by atoms with Crippen LogP contribution < -0.4 is 11.1 Å². The lowest BCUT2D eigenvalue weighted by Crippen LogP contribution is -2.40. The summed E-state index contributed by atoms with van der Waals surface area (Å²) in [5.41, 5.74) is -12.4. The molecule has 0 atom stereocenters. The first-order valence-corrected chi connectivity index (χ1v) is 31.7. The Morgan fingerprint density at radius 3 is 1.59 bits per heavy atom. The van der Waals surface area contributed by atoms with E-state index in [-0.39, 0.29) is 54.6 Å². The topological polar surface area (TPSA) is 117 Å². The fraction of sp³-hybridized carbons (Fsp3) is 0.370. The number of carbonyl (C=O) groups excluding carboxylic acids is 2. The van der Waals surface area contributed by atoms with Crippen LogP contribution in [0.2, 0.25) is 0 Å². The Kier molecular flexibility index (Phi) is 16.5. The van der Waals surface area contributed by atoms with Gasteiger partial charge in [0.15, 0.2) is 10.3 Å². The third-order valence-electron chi connectivity index (χ3n) is 15.5. The molecule has 0 spiro atoms. The molecule has 95 heavy (non-hydrogen) atoms. The van der Waals surface area contributed by atoms with E-state index in [0.29, 0.717) is 60.4 Å². The molecular weight excluding hydrogens is 1270 g/mol. The molecule has 0 saturated heterocycles. The average Bonchev–Trinajstić information content (AvgIpc) is 1.53. The Balaban J connectivity index is 0.000000278. The quantitative estimate of drug-likeness (QED) is 0.0295. The van der Waals surface area contributed by atoms with Crippen molar-refractivity contribution in [2.75, 3.05) is 52.4 Å². The predicted octanol–water partition coefficient (Wildman–Crippen LogP) is 14.7. The van der Waals surface area contributed by atoms with Crippen molar-refractivity contribution in [1.82, 2.24) is 38.7 Å². The van der Waals surface area contributed by atoms with Crippen molar-refractivity contribution in [2.24, 2.45) is 0 Å². The van der Waals surface area contributed by atoms with Crippen molar-refractivity contribution in [3.63, 3.8) is 0 Å². The Labute approximate surface area is 586 Å². The SMILES string of the molecule is [2H]C([2H])(Sc1nc(=O)c2c(n1CC(=O)N(CCN(CC)CC)Cc1ccc(-c3ccc(C(F)(F)F)cc3)cc1)CCC2)c1ccc(F)cc1.[2H]c1c([2H])c(C([2H])([2H])Sc2nc(=O)c3c(n2CC(=O)N(CCN(CC)CC)Cc2c([2H])c([2H])c(-c4c([2H])c([2H])c(C(F)(F)F)c(C)c4[2H])c([2H])c2[2H])C([2H])([2H])C([2H])([2H])C3([2H])[2H])c([2H])c([2H])c1F. The van der Waals surface area contributed by atoms with Crippen LogP contribution in [0.25, 0.3) is 22.3 Å². The number of aromatic nitrogens is 4. The lowest BCUT2D eigenvalue weighted by Gasteiger charge is -2.28. The third-order valence-corrected chi connectivity index (χ3v) is 17.2. The molecule has 0 N–H and O–H groups in total. The number of amides is 2. The van der Waals surface area contributed by atoms with E-state index in [9.17, 15) is 54.3 Å². The van der Waals surface area contributed by atoms with E-state index in [2.05, 4.69) is 14.9 Å². The molecule has 0 aliphatic heterocycles. The van der Waals surface area contributed by atoms with Crippen molar-refractivity contribution in [3.8, 4) is 22.3 Å². The minimum atomic E-state index is -5.17. The number of fused-ring (bicyclic) bond motifs is 2. The minimum Gasteiger partial charge on any atom is -0.336 e. The maximum absolute atomic E-state index is 14.7. The Bertz CT molecular complexity index is 5130. The third kappa shape index (κ3) is 19.0. The number of halogens is 8. The zero-order chi connectivity index (χ0) is 86.5. The Morgan fingerprint density at radius 1 is 0.547 bits per heavy atom. The van der Waals surface area contributed by atoms with E-state index in [1.807, 2.05) is 38.1 Å². The van der Waals surface area contributed by atoms with Gasteiger partial charge >= 0.3 is 12.4 Å². The standard InChI is InChI=1S/C37H40F4N4O2S.C36H38F4N4O2S/c1-4-43(5-2)19-20-44(22-26-9-13-28(14-10-26)29-15-18-32(25(3)21-29)37(39,40)41)34(46)23-45-33-8-6-7-31(33)35(47)42-36(45)48-24-27-11-16-30(38)17-12-27;1-3-42(4-2)20-21-43(22-25-8-12-27(13-9-25)28-14-16-29(17-15-28)36(38,39)40)33(45)23-44-32-7-5-6-31(32)34(46)41-35(44)47-24-26-10-18-30(37)19-11-26/h9-18,21H,4-8,19-20,22-24H2,1-3H3;8-19H,3-7,20-24H2,1-2H3/i6D2,7D2,8D2,9D,10D,11D,12D,13D,14D,15D,16D,17D,18D,21D,24D2;24D2. The predicted molar refractivity (Wildman–Crippen MR) is 358 cm³/mol. The van der Waals surface area contributed by atoms with E-state index in [0.717, 1.165) is 66.4 Å². The van der Waals surface area contributed by atoms with Gasteiger partial charge in [0.1, 0.15) is 24.7 Å². The molecule has 0 radical (unpaired) electrons. The van der Waals surface area contributed by atoms with Crippen LogP contribution in [0, 0.1) is 18.6 Å². The summed E-state index contributed by atoms with van der Waals surface area (Å²) in [5.74, 6) is -3.52. The van der Waals surface area contributed by atoms with E-state index in [1.165, 1.54) is 36.4 Å². The molecule has 2 aliphatic carbocycles. The molecule has 2 aromatic heterocycles. The summed E-state index contributed by atoms with van der Waals surface area (Å²) in [7, 11) is 0. The second kappa shape index (κ2) is 32.7. The smallest absolute Gasteiger partial charge is 0.336 e. The molecule has 10 rings (SSSR count). The van der Waals surface area contributed by atoms with Crippen LogP contribution in [0.15, 0.2) is 159 Å². The number of nitrogens with zero attached hydrogens (tertiary/aromatic N) is 8. The molecule has 12 nitrogen and oxygen atoms in total.